The van der Waals surface area contributed by atoms with E-state index in [1.807, 2.05) is 0 Å². The van der Waals surface area contributed by atoms with Crippen LogP contribution in [-0.2, 0) is 25.9 Å². The van der Waals surface area contributed by atoms with Crippen LogP contribution in [0.1, 0.15) is 130 Å². The summed E-state index contributed by atoms with van der Waals surface area (Å²) in [6.07, 6.45) is 7.93. The Kier molecular flexibility index (Phi) is 17.1. The molecule has 2 aromatic heterocycles. The maximum Gasteiger partial charge on any atom is 0.319 e. The van der Waals surface area contributed by atoms with Crippen LogP contribution in [-0.4, -0.2) is 160 Å². The molecule has 0 amide bonds. The third kappa shape index (κ3) is 11.8. The number of rotatable bonds is 18. The number of hydrogen-bond donors (Lipinski definition) is 6. The number of aliphatic hydroxyl groups is 2. The molecule has 17 heteroatoms. The number of aliphatic hydroxyl groups excluding tert-OH is 2. The van der Waals surface area contributed by atoms with E-state index < -0.39 is 18.0 Å². The average molecular weight is 1020 g/mol. The first-order chi connectivity index (χ1) is 36.2. The van der Waals surface area contributed by atoms with E-state index in [-0.39, 0.29) is 72.9 Å². The molecule has 17 nitrogen and oxygen atoms in total. The molecule has 0 radical (unpaired) electrons. The summed E-state index contributed by atoms with van der Waals surface area (Å²) >= 11 is 0. The van der Waals surface area contributed by atoms with Crippen LogP contribution in [0.25, 0.3) is 0 Å². The van der Waals surface area contributed by atoms with Crippen molar-refractivity contribution in [2.75, 3.05) is 85.9 Å². The lowest BCUT2D eigenvalue weighted by molar-refractivity contribution is 0.0294. The molecule has 4 atom stereocenters. The van der Waals surface area contributed by atoms with E-state index in [4.69, 9.17) is 29.4 Å². The summed E-state index contributed by atoms with van der Waals surface area (Å²) in [6.45, 7) is 16.8. The lowest BCUT2D eigenvalue weighted by atomic mass is 9.93. The molecule has 10 rings (SSSR count). The highest BCUT2D eigenvalue weighted by molar-refractivity contribution is 6.15. The standard InChI is InChI=1S/C57H82N12O5/c1-5-43(6-2)73-56-62-49(51(54(64-56)60-41-17-25-58-26-18-41)68-31-23-45(47(70)35-68)66-29-21-37-13-9-11-15-39(37)33-66)53(72)50-52(55(61-42-19-27-59-28-20-42)65-57(63-50)74-44(7-3)8-4)69-32-24-46(48(71)36-69)67-30-22-38-14-10-12-16-40(38)34-67/h9-16,41-48,58-59,70-71H,5-8,17-36H2,1-4H3,(H,60,62,64)(H,61,63,65)/t45-,46-,47-,48-/m1/s1. The number of β-amino-alcohol motifs (C(OH)–C–C–N with tert-alkyl or cyclic N) is 2. The number of ether oxygens (including phenoxy) is 2. The van der Waals surface area contributed by atoms with Crippen molar-refractivity contribution in [3.8, 4) is 12.0 Å². The van der Waals surface area contributed by atoms with Crippen LogP contribution in [0, 0.1) is 0 Å². The molecule has 6 N–H and O–H groups in total. The lowest BCUT2D eigenvalue weighted by Gasteiger charge is -2.45. The van der Waals surface area contributed by atoms with E-state index in [1.165, 1.54) is 22.3 Å². The van der Waals surface area contributed by atoms with E-state index >= 15 is 4.79 Å². The maximum absolute atomic E-state index is 16.5. The van der Waals surface area contributed by atoms with Gasteiger partial charge >= 0.3 is 12.0 Å². The fourth-order valence-corrected chi connectivity index (χ4v) is 12.4. The second kappa shape index (κ2) is 24.2. The molecule has 400 valence electrons. The van der Waals surface area contributed by atoms with Crippen molar-refractivity contribution in [2.24, 2.45) is 0 Å². The summed E-state index contributed by atoms with van der Waals surface area (Å²) in [5.41, 5.74) is 6.75. The number of hydrogen-bond acceptors (Lipinski definition) is 17. The summed E-state index contributed by atoms with van der Waals surface area (Å²) < 4.78 is 13.2. The number of carbonyl (C=O) groups excluding carboxylic acids is 1. The number of aromatic nitrogens is 4. The predicted molar refractivity (Wildman–Crippen MR) is 291 cm³/mol. The molecule has 0 unspecified atom stereocenters. The molecule has 74 heavy (non-hydrogen) atoms. The molecule has 2 aromatic carbocycles. The third-order valence-electron chi connectivity index (χ3n) is 16.9. The minimum absolute atomic E-state index is 0.0612. The maximum atomic E-state index is 16.5. The SMILES string of the molecule is CCC(CC)Oc1nc(NC2CCNCC2)c(N2CC[C@@H](N3CCc4ccccc4C3)[C@H](O)C2)c(C(=O)c2nc(OC(CC)CC)nc(NC3CCNCC3)c2N2CC[C@@H](N3CCc4ccccc4C3)[C@H](O)C2)n1. The minimum Gasteiger partial charge on any atom is -0.460 e. The van der Waals surface area contributed by atoms with Gasteiger partial charge in [0.2, 0.25) is 5.78 Å². The van der Waals surface area contributed by atoms with Crippen molar-refractivity contribution in [2.45, 2.75) is 166 Å². The first kappa shape index (κ1) is 52.3. The van der Waals surface area contributed by atoms with Gasteiger partial charge in [0, 0.05) is 76.5 Å². The monoisotopic (exact) mass is 1010 g/mol. The van der Waals surface area contributed by atoms with Gasteiger partial charge in [0.05, 0.1) is 12.2 Å². The minimum atomic E-state index is -0.712. The Labute approximate surface area is 438 Å². The average Bonchev–Trinajstić information content (AvgIpc) is 3.44. The van der Waals surface area contributed by atoms with Crippen molar-refractivity contribution in [1.29, 1.82) is 0 Å². The van der Waals surface area contributed by atoms with Gasteiger partial charge in [0.15, 0.2) is 11.6 Å². The molecule has 4 aromatic rings. The molecule has 6 aliphatic heterocycles. The van der Waals surface area contributed by atoms with Crippen LogP contribution in [0.15, 0.2) is 48.5 Å². The van der Waals surface area contributed by atoms with Gasteiger partial charge < -0.3 is 50.8 Å². The van der Waals surface area contributed by atoms with Gasteiger partial charge in [-0.05, 0) is 125 Å². The molecule has 0 aliphatic carbocycles. The summed E-state index contributed by atoms with van der Waals surface area (Å²) in [7, 11) is 0. The van der Waals surface area contributed by atoms with Crippen molar-refractivity contribution in [3.63, 3.8) is 0 Å². The topological polar surface area (TPSA) is 189 Å². The van der Waals surface area contributed by atoms with Crippen LogP contribution in [0.4, 0.5) is 23.0 Å². The molecule has 6 aliphatic rings. The van der Waals surface area contributed by atoms with Crippen molar-refractivity contribution < 1.29 is 24.5 Å². The molecular weight excluding hydrogens is 933 g/mol. The fourth-order valence-electron chi connectivity index (χ4n) is 12.4. The zero-order chi connectivity index (χ0) is 51.1. The van der Waals surface area contributed by atoms with Gasteiger partial charge in [-0.15, -0.1) is 0 Å². The zero-order valence-electron chi connectivity index (χ0n) is 44.4. The second-order valence-electron chi connectivity index (χ2n) is 21.6. The van der Waals surface area contributed by atoms with Crippen molar-refractivity contribution in [1.82, 2.24) is 40.4 Å². The number of piperidine rings is 4. The number of carbonyl (C=O) groups is 1. The number of fused-ring (bicyclic) bond motifs is 2. The van der Waals surface area contributed by atoms with E-state index in [9.17, 15) is 10.2 Å². The summed E-state index contributed by atoms with van der Waals surface area (Å²) in [6, 6.07) is 17.5. The number of ketones is 1. The summed E-state index contributed by atoms with van der Waals surface area (Å²) in [4.78, 5) is 46.2. The Morgan fingerprint density at radius 3 is 1.35 bits per heavy atom. The van der Waals surface area contributed by atoms with E-state index in [0.717, 1.165) is 117 Å². The molecule has 8 heterocycles. The largest absolute Gasteiger partial charge is 0.460 e. The van der Waals surface area contributed by atoms with Gasteiger partial charge in [-0.3, -0.25) is 14.6 Å². The summed E-state index contributed by atoms with van der Waals surface area (Å²) in [5.74, 6) is 0.620. The number of benzene rings is 2. The van der Waals surface area contributed by atoms with Crippen LogP contribution in [0.3, 0.4) is 0 Å². The lowest BCUT2D eigenvalue weighted by Crippen LogP contribution is -2.55. The van der Waals surface area contributed by atoms with E-state index in [2.05, 4.69) is 117 Å². The van der Waals surface area contributed by atoms with E-state index in [1.54, 1.807) is 0 Å². The summed E-state index contributed by atoms with van der Waals surface area (Å²) in [5, 5.41) is 39.2. The normalized spacial score (nSPS) is 23.4. The first-order valence-corrected chi connectivity index (χ1v) is 28.3. The zero-order valence-corrected chi connectivity index (χ0v) is 44.4. The van der Waals surface area contributed by atoms with Crippen LogP contribution in [0.2, 0.25) is 0 Å². The highest BCUT2D eigenvalue weighted by Gasteiger charge is 2.41. The molecule has 0 saturated carbocycles. The third-order valence-corrected chi connectivity index (χ3v) is 16.9. The van der Waals surface area contributed by atoms with Gasteiger partial charge in [-0.25, -0.2) is 0 Å². The number of anilines is 4. The van der Waals surface area contributed by atoms with Gasteiger partial charge in [-0.1, -0.05) is 76.2 Å². The molecule has 4 fully saturated rings. The smallest absolute Gasteiger partial charge is 0.319 e. The van der Waals surface area contributed by atoms with Crippen LogP contribution < -0.4 is 40.5 Å². The van der Waals surface area contributed by atoms with Gasteiger partial charge in [0.25, 0.3) is 0 Å². The molecule has 0 spiro atoms. The first-order valence-electron chi connectivity index (χ1n) is 28.3. The highest BCUT2D eigenvalue weighted by atomic mass is 16.5. The van der Waals surface area contributed by atoms with Crippen LogP contribution >= 0.6 is 0 Å². The van der Waals surface area contributed by atoms with Crippen molar-refractivity contribution in [3.05, 3.63) is 82.2 Å². The Morgan fingerprint density at radius 1 is 0.581 bits per heavy atom. The second-order valence-corrected chi connectivity index (χ2v) is 21.6. The molecule has 4 saturated heterocycles. The molecule has 0 bridgehead atoms. The Morgan fingerprint density at radius 2 is 0.973 bits per heavy atom. The highest BCUT2D eigenvalue weighted by Crippen LogP contribution is 2.41. The predicted octanol–water partition coefficient (Wildman–Crippen LogP) is 5.96. The molecular formula is C57H82N12O5. The quantitative estimate of drug-likeness (QED) is 0.0641. The Bertz CT molecular complexity index is 2340. The van der Waals surface area contributed by atoms with Gasteiger partial charge in [-0.2, -0.15) is 19.9 Å². The Hall–Kier alpha value is -5.17. The number of nitrogens with zero attached hydrogens (tertiary/aromatic N) is 8. The fraction of sp³-hybridized carbons (Fsp3) is 0.632. The Balaban J connectivity index is 1.07. The number of nitrogens with one attached hydrogen (secondary N) is 4. The van der Waals surface area contributed by atoms with Crippen molar-refractivity contribution >= 4 is 28.8 Å². The van der Waals surface area contributed by atoms with E-state index in [0.29, 0.717) is 48.9 Å². The van der Waals surface area contributed by atoms with Gasteiger partial charge in [0.1, 0.15) is 35.0 Å². The van der Waals surface area contributed by atoms with Crippen LogP contribution in [0.5, 0.6) is 12.0 Å².